The molecule has 2 aromatic rings. The van der Waals surface area contributed by atoms with E-state index in [0.717, 1.165) is 11.5 Å². The van der Waals surface area contributed by atoms with Crippen LogP contribution in [0.3, 0.4) is 0 Å². The SMILES string of the molecule is Clc1ccc(Oc2cnsc2)cc1. The van der Waals surface area contributed by atoms with Crippen LogP contribution in [-0.4, -0.2) is 4.37 Å². The summed E-state index contributed by atoms with van der Waals surface area (Å²) in [6.45, 7) is 0. The summed E-state index contributed by atoms with van der Waals surface area (Å²) in [6.07, 6.45) is 1.68. The van der Waals surface area contributed by atoms with Crippen LogP contribution in [0.25, 0.3) is 0 Å². The van der Waals surface area contributed by atoms with Gasteiger partial charge in [0.1, 0.15) is 5.75 Å². The fourth-order valence-electron chi connectivity index (χ4n) is 0.884. The standard InChI is InChI=1S/C9H6ClNOS/c10-7-1-3-8(4-2-7)12-9-5-11-13-6-9/h1-6H. The second-order valence-corrected chi connectivity index (χ2v) is 3.51. The highest BCUT2D eigenvalue weighted by Crippen LogP contribution is 2.23. The first kappa shape index (κ1) is 8.53. The largest absolute Gasteiger partial charge is 0.455 e. The number of nitrogens with zero attached hydrogens (tertiary/aromatic N) is 1. The number of aromatic nitrogens is 1. The van der Waals surface area contributed by atoms with Crippen molar-refractivity contribution in [1.29, 1.82) is 0 Å². The average molecular weight is 212 g/mol. The van der Waals surface area contributed by atoms with Crippen molar-refractivity contribution >= 4 is 23.1 Å². The van der Waals surface area contributed by atoms with Crippen LogP contribution < -0.4 is 4.74 Å². The molecule has 0 spiro atoms. The van der Waals surface area contributed by atoms with E-state index in [1.165, 1.54) is 11.5 Å². The molecule has 0 aliphatic rings. The lowest BCUT2D eigenvalue weighted by molar-refractivity contribution is 0.484. The highest BCUT2D eigenvalue weighted by atomic mass is 35.5. The van der Waals surface area contributed by atoms with E-state index in [1.54, 1.807) is 18.3 Å². The summed E-state index contributed by atoms with van der Waals surface area (Å²) in [4.78, 5) is 0. The van der Waals surface area contributed by atoms with Crippen molar-refractivity contribution in [2.45, 2.75) is 0 Å². The quantitative estimate of drug-likeness (QED) is 0.758. The molecule has 13 heavy (non-hydrogen) atoms. The van der Waals surface area contributed by atoms with Crippen LogP contribution in [0.1, 0.15) is 0 Å². The second kappa shape index (κ2) is 3.77. The molecule has 4 heteroatoms. The molecule has 0 radical (unpaired) electrons. The molecule has 1 aromatic heterocycles. The molecule has 1 heterocycles. The summed E-state index contributed by atoms with van der Waals surface area (Å²) in [5.41, 5.74) is 0. The number of hydrogen-bond acceptors (Lipinski definition) is 3. The maximum absolute atomic E-state index is 5.73. The zero-order valence-corrected chi connectivity index (χ0v) is 8.18. The van der Waals surface area contributed by atoms with Gasteiger partial charge in [-0.3, -0.25) is 0 Å². The molecule has 0 fully saturated rings. The highest BCUT2D eigenvalue weighted by molar-refractivity contribution is 7.03. The Hall–Kier alpha value is -1.06. The molecule has 1 aromatic carbocycles. The molecule has 0 saturated heterocycles. The van der Waals surface area contributed by atoms with E-state index >= 15 is 0 Å². The molecule has 0 aliphatic heterocycles. The Bertz CT molecular complexity index is 371. The molecule has 0 N–H and O–H groups in total. The fourth-order valence-corrected chi connectivity index (χ4v) is 1.45. The molecule has 0 unspecified atom stereocenters. The van der Waals surface area contributed by atoms with Crippen molar-refractivity contribution in [2.75, 3.05) is 0 Å². The summed E-state index contributed by atoms with van der Waals surface area (Å²) in [5.74, 6) is 1.52. The summed E-state index contributed by atoms with van der Waals surface area (Å²) in [7, 11) is 0. The van der Waals surface area contributed by atoms with Gasteiger partial charge >= 0.3 is 0 Å². The highest BCUT2D eigenvalue weighted by Gasteiger charge is 1.97. The van der Waals surface area contributed by atoms with E-state index in [-0.39, 0.29) is 0 Å². The van der Waals surface area contributed by atoms with Gasteiger partial charge in [0.2, 0.25) is 0 Å². The predicted molar refractivity (Wildman–Crippen MR) is 53.6 cm³/mol. The minimum absolute atomic E-state index is 0.704. The molecule has 0 amide bonds. The van der Waals surface area contributed by atoms with Crippen molar-refractivity contribution in [2.24, 2.45) is 0 Å². The monoisotopic (exact) mass is 211 g/mol. The first-order valence-corrected chi connectivity index (χ1v) is 4.89. The molecule has 0 bridgehead atoms. The van der Waals surface area contributed by atoms with Crippen LogP contribution in [0.5, 0.6) is 11.5 Å². The van der Waals surface area contributed by atoms with E-state index in [0.29, 0.717) is 5.02 Å². The van der Waals surface area contributed by atoms with Crippen molar-refractivity contribution < 1.29 is 4.74 Å². The number of hydrogen-bond donors (Lipinski definition) is 0. The second-order valence-electron chi connectivity index (χ2n) is 2.42. The van der Waals surface area contributed by atoms with Gasteiger partial charge in [0, 0.05) is 5.02 Å². The Morgan fingerprint density at radius 1 is 1.15 bits per heavy atom. The number of rotatable bonds is 2. The molecular weight excluding hydrogens is 206 g/mol. The molecule has 2 rings (SSSR count). The van der Waals surface area contributed by atoms with Crippen LogP contribution in [0.2, 0.25) is 5.02 Å². The van der Waals surface area contributed by atoms with E-state index in [9.17, 15) is 0 Å². The summed E-state index contributed by atoms with van der Waals surface area (Å²) in [5, 5.41) is 2.55. The zero-order chi connectivity index (χ0) is 9.10. The minimum Gasteiger partial charge on any atom is -0.455 e. The van der Waals surface area contributed by atoms with E-state index < -0.39 is 0 Å². The lowest BCUT2D eigenvalue weighted by Gasteiger charge is -2.01. The lowest BCUT2D eigenvalue weighted by atomic mass is 10.3. The Morgan fingerprint density at radius 3 is 2.54 bits per heavy atom. The van der Waals surface area contributed by atoms with Crippen LogP contribution >= 0.6 is 23.1 Å². The van der Waals surface area contributed by atoms with Crippen LogP contribution in [-0.2, 0) is 0 Å². The third kappa shape index (κ3) is 2.20. The van der Waals surface area contributed by atoms with Gasteiger partial charge in [0.05, 0.1) is 11.6 Å². The molecule has 66 valence electrons. The Balaban J connectivity index is 2.15. The Morgan fingerprint density at radius 2 is 1.92 bits per heavy atom. The van der Waals surface area contributed by atoms with Gasteiger partial charge in [-0.05, 0) is 35.8 Å². The molecular formula is C9H6ClNOS. The van der Waals surface area contributed by atoms with Gasteiger partial charge in [-0.25, -0.2) is 0 Å². The zero-order valence-electron chi connectivity index (χ0n) is 6.61. The van der Waals surface area contributed by atoms with Gasteiger partial charge in [-0.15, -0.1) is 0 Å². The minimum atomic E-state index is 0.704. The van der Waals surface area contributed by atoms with Gasteiger partial charge in [0.25, 0.3) is 0 Å². The van der Waals surface area contributed by atoms with Gasteiger partial charge in [-0.1, -0.05) is 11.6 Å². The van der Waals surface area contributed by atoms with Gasteiger partial charge in [-0.2, -0.15) is 4.37 Å². The summed E-state index contributed by atoms with van der Waals surface area (Å²) >= 11 is 7.09. The first-order valence-electron chi connectivity index (χ1n) is 3.67. The summed E-state index contributed by atoms with van der Waals surface area (Å²) in [6, 6.07) is 7.22. The maximum atomic E-state index is 5.73. The lowest BCUT2D eigenvalue weighted by Crippen LogP contribution is -1.80. The number of benzene rings is 1. The van der Waals surface area contributed by atoms with Crippen molar-refractivity contribution in [3.63, 3.8) is 0 Å². The maximum Gasteiger partial charge on any atom is 0.158 e. The third-order valence-electron chi connectivity index (χ3n) is 1.46. The van der Waals surface area contributed by atoms with Gasteiger partial charge < -0.3 is 4.74 Å². The van der Waals surface area contributed by atoms with Crippen LogP contribution in [0, 0.1) is 0 Å². The number of ether oxygens (including phenoxy) is 1. The van der Waals surface area contributed by atoms with E-state index in [1.807, 2.05) is 17.5 Å². The van der Waals surface area contributed by atoms with E-state index in [4.69, 9.17) is 16.3 Å². The van der Waals surface area contributed by atoms with Crippen molar-refractivity contribution in [1.82, 2.24) is 4.37 Å². The predicted octanol–water partition coefficient (Wildman–Crippen LogP) is 3.59. The normalized spacial score (nSPS) is 9.92. The third-order valence-corrected chi connectivity index (χ3v) is 2.28. The molecule has 0 saturated carbocycles. The average Bonchev–Trinajstić information content (AvgIpc) is 2.62. The smallest absolute Gasteiger partial charge is 0.158 e. The van der Waals surface area contributed by atoms with Crippen molar-refractivity contribution in [3.8, 4) is 11.5 Å². The van der Waals surface area contributed by atoms with E-state index in [2.05, 4.69) is 4.37 Å². The van der Waals surface area contributed by atoms with Crippen LogP contribution in [0.4, 0.5) is 0 Å². The Kier molecular flexibility index (Phi) is 2.47. The van der Waals surface area contributed by atoms with Gasteiger partial charge in [0.15, 0.2) is 5.75 Å². The van der Waals surface area contributed by atoms with Crippen LogP contribution in [0.15, 0.2) is 35.8 Å². The topological polar surface area (TPSA) is 22.1 Å². The Labute approximate surface area is 84.9 Å². The molecule has 0 atom stereocenters. The molecule has 2 nitrogen and oxygen atoms in total. The fraction of sp³-hybridized carbons (Fsp3) is 0. The summed E-state index contributed by atoms with van der Waals surface area (Å²) < 4.78 is 9.39. The number of halogens is 1. The van der Waals surface area contributed by atoms with Crippen molar-refractivity contribution in [3.05, 3.63) is 40.9 Å². The first-order chi connectivity index (χ1) is 6.34. The molecule has 0 aliphatic carbocycles.